The minimum Gasteiger partial charge on any atom is -0.345 e. The van der Waals surface area contributed by atoms with Gasteiger partial charge < -0.3 is 10.3 Å². The number of fused-ring (bicyclic) bond motifs is 1. The third kappa shape index (κ3) is 3.80. The summed E-state index contributed by atoms with van der Waals surface area (Å²) in [7, 11) is 0. The van der Waals surface area contributed by atoms with E-state index in [-0.39, 0.29) is 22.8 Å². The number of carbonyl (C=O) groups is 2. The van der Waals surface area contributed by atoms with Crippen LogP contribution in [0, 0.1) is 5.41 Å². The summed E-state index contributed by atoms with van der Waals surface area (Å²) >= 11 is 3.38. The van der Waals surface area contributed by atoms with Crippen molar-refractivity contribution in [3.05, 3.63) is 67.5 Å². The molecule has 1 aromatic heterocycles. The maximum absolute atomic E-state index is 12.6. The van der Waals surface area contributed by atoms with Crippen LogP contribution in [-0.4, -0.2) is 16.7 Å². The number of aromatic nitrogens is 1. The molecule has 0 aliphatic heterocycles. The molecule has 2 N–H and O–H groups in total. The fourth-order valence-electron chi connectivity index (χ4n) is 3.31. The van der Waals surface area contributed by atoms with Gasteiger partial charge in [0.25, 0.3) is 11.5 Å². The molecule has 0 saturated carbocycles. The highest BCUT2D eigenvalue weighted by molar-refractivity contribution is 9.10. The lowest BCUT2D eigenvalue weighted by Crippen LogP contribution is -2.35. The number of ketones is 1. The number of Topliss-reactive ketones (excluding diaryl/α,β-unsaturated/α-hetero) is 1. The lowest BCUT2D eigenvalue weighted by molar-refractivity contribution is 0.0910. The van der Waals surface area contributed by atoms with Gasteiger partial charge >= 0.3 is 0 Å². The summed E-state index contributed by atoms with van der Waals surface area (Å²) in [6.07, 6.45) is 1.02. The Morgan fingerprint density at radius 2 is 1.85 bits per heavy atom. The molecule has 2 aromatic rings. The predicted octanol–water partition coefficient (Wildman–Crippen LogP) is 3.78. The molecule has 0 bridgehead atoms. The molecule has 1 amide bonds. The van der Waals surface area contributed by atoms with Crippen LogP contribution in [0.1, 0.15) is 65.2 Å². The Hall–Kier alpha value is -2.21. The number of halogens is 1. The number of hydrogen-bond donors (Lipinski definition) is 2. The van der Waals surface area contributed by atoms with Crippen LogP contribution >= 0.6 is 15.9 Å². The Morgan fingerprint density at radius 1 is 1.19 bits per heavy atom. The summed E-state index contributed by atoms with van der Waals surface area (Å²) in [5.41, 5.74) is 1.32. The topological polar surface area (TPSA) is 79.0 Å². The van der Waals surface area contributed by atoms with E-state index in [1.807, 2.05) is 45.0 Å². The summed E-state index contributed by atoms with van der Waals surface area (Å²) in [6.45, 7) is 5.83. The standard InChI is InChI=1S/C20H21BrN2O3/c1-11(12-4-6-13(21)7-5-12)22-18(25)15-8-14-16(23-19(15)26)9-20(2,3)10-17(14)24/h4-8,11H,9-10H2,1-3H3,(H,22,25)(H,23,26). The molecule has 3 rings (SSSR count). The zero-order valence-electron chi connectivity index (χ0n) is 15.0. The van der Waals surface area contributed by atoms with Crippen molar-refractivity contribution in [1.29, 1.82) is 0 Å². The van der Waals surface area contributed by atoms with Gasteiger partial charge in [-0.3, -0.25) is 14.4 Å². The number of aromatic amines is 1. The number of hydrogen-bond acceptors (Lipinski definition) is 3. The summed E-state index contributed by atoms with van der Waals surface area (Å²) in [4.78, 5) is 40.1. The molecule has 1 heterocycles. The van der Waals surface area contributed by atoms with Crippen molar-refractivity contribution >= 4 is 27.6 Å². The maximum atomic E-state index is 12.6. The third-order valence-electron chi connectivity index (χ3n) is 4.68. The maximum Gasteiger partial charge on any atom is 0.261 e. The summed E-state index contributed by atoms with van der Waals surface area (Å²) in [5, 5.41) is 2.83. The van der Waals surface area contributed by atoms with Crippen molar-refractivity contribution in [1.82, 2.24) is 10.3 Å². The summed E-state index contributed by atoms with van der Waals surface area (Å²) in [6, 6.07) is 8.76. The highest BCUT2D eigenvalue weighted by Gasteiger charge is 2.32. The normalized spacial score (nSPS) is 16.7. The van der Waals surface area contributed by atoms with Crippen LogP contribution in [0.4, 0.5) is 0 Å². The van der Waals surface area contributed by atoms with Crippen LogP contribution < -0.4 is 10.9 Å². The average molecular weight is 417 g/mol. The Bertz CT molecular complexity index is 929. The number of benzene rings is 1. The number of carbonyl (C=O) groups excluding carboxylic acids is 2. The molecule has 26 heavy (non-hydrogen) atoms. The van der Waals surface area contributed by atoms with Crippen LogP contribution in [0.25, 0.3) is 0 Å². The largest absolute Gasteiger partial charge is 0.345 e. The van der Waals surface area contributed by atoms with Gasteiger partial charge in [-0.1, -0.05) is 41.9 Å². The molecule has 1 unspecified atom stereocenters. The molecule has 136 valence electrons. The van der Waals surface area contributed by atoms with Crippen molar-refractivity contribution in [2.75, 3.05) is 0 Å². The monoisotopic (exact) mass is 416 g/mol. The van der Waals surface area contributed by atoms with Gasteiger partial charge in [-0.15, -0.1) is 0 Å². The van der Waals surface area contributed by atoms with E-state index in [1.165, 1.54) is 6.07 Å². The quantitative estimate of drug-likeness (QED) is 0.798. The molecule has 1 aromatic carbocycles. The van der Waals surface area contributed by atoms with E-state index in [4.69, 9.17) is 0 Å². The van der Waals surface area contributed by atoms with Crippen LogP contribution in [-0.2, 0) is 6.42 Å². The van der Waals surface area contributed by atoms with E-state index in [0.717, 1.165) is 10.0 Å². The van der Waals surface area contributed by atoms with E-state index >= 15 is 0 Å². The Morgan fingerprint density at radius 3 is 2.50 bits per heavy atom. The lowest BCUT2D eigenvalue weighted by Gasteiger charge is -2.29. The second-order valence-corrected chi connectivity index (χ2v) is 8.51. The fourth-order valence-corrected chi connectivity index (χ4v) is 3.57. The molecule has 0 radical (unpaired) electrons. The third-order valence-corrected chi connectivity index (χ3v) is 5.21. The molecule has 5 nitrogen and oxygen atoms in total. The molecule has 0 fully saturated rings. The van der Waals surface area contributed by atoms with Crippen molar-refractivity contribution in [2.45, 2.75) is 39.7 Å². The van der Waals surface area contributed by atoms with Gasteiger partial charge in [0, 0.05) is 22.2 Å². The van der Waals surface area contributed by atoms with Crippen LogP contribution in [0.2, 0.25) is 0 Å². The first-order chi connectivity index (χ1) is 12.2. The molecule has 6 heteroatoms. The molecular formula is C20H21BrN2O3. The Balaban J connectivity index is 1.86. The first-order valence-electron chi connectivity index (χ1n) is 8.52. The number of amides is 1. The minimum absolute atomic E-state index is 0.0271. The van der Waals surface area contributed by atoms with Gasteiger partial charge in [-0.2, -0.15) is 0 Å². The molecule has 0 saturated heterocycles. The van der Waals surface area contributed by atoms with E-state index in [0.29, 0.717) is 24.1 Å². The fraction of sp³-hybridized carbons (Fsp3) is 0.350. The number of rotatable bonds is 3. The Kier molecular flexibility index (Phi) is 4.88. The van der Waals surface area contributed by atoms with Crippen molar-refractivity contribution < 1.29 is 9.59 Å². The predicted molar refractivity (Wildman–Crippen MR) is 104 cm³/mol. The highest BCUT2D eigenvalue weighted by Crippen LogP contribution is 2.33. The van der Waals surface area contributed by atoms with Gasteiger partial charge in [0.15, 0.2) is 5.78 Å². The number of pyridine rings is 1. The van der Waals surface area contributed by atoms with Crippen LogP contribution in [0.15, 0.2) is 39.6 Å². The smallest absolute Gasteiger partial charge is 0.261 e. The summed E-state index contributed by atoms with van der Waals surface area (Å²) < 4.78 is 0.951. The molecule has 1 aliphatic carbocycles. The molecule has 1 aliphatic rings. The zero-order valence-corrected chi connectivity index (χ0v) is 16.6. The van der Waals surface area contributed by atoms with Gasteiger partial charge in [0.1, 0.15) is 5.56 Å². The first-order valence-corrected chi connectivity index (χ1v) is 9.31. The minimum atomic E-state index is -0.484. The molecular weight excluding hydrogens is 396 g/mol. The van der Waals surface area contributed by atoms with Gasteiger partial charge in [0.05, 0.1) is 6.04 Å². The van der Waals surface area contributed by atoms with Gasteiger partial charge in [-0.05, 0) is 42.5 Å². The van der Waals surface area contributed by atoms with Crippen molar-refractivity contribution in [3.63, 3.8) is 0 Å². The zero-order chi connectivity index (χ0) is 19.1. The van der Waals surface area contributed by atoms with E-state index in [9.17, 15) is 14.4 Å². The second kappa shape index (κ2) is 6.83. The van der Waals surface area contributed by atoms with Crippen LogP contribution in [0.5, 0.6) is 0 Å². The van der Waals surface area contributed by atoms with E-state index < -0.39 is 11.5 Å². The Labute approximate surface area is 160 Å². The number of H-pyrrole nitrogens is 1. The van der Waals surface area contributed by atoms with Crippen LogP contribution in [0.3, 0.4) is 0 Å². The average Bonchev–Trinajstić information content (AvgIpc) is 2.53. The van der Waals surface area contributed by atoms with Crippen molar-refractivity contribution in [2.24, 2.45) is 5.41 Å². The molecule has 0 spiro atoms. The summed E-state index contributed by atoms with van der Waals surface area (Å²) in [5.74, 6) is -0.524. The van der Waals surface area contributed by atoms with Crippen molar-refractivity contribution in [3.8, 4) is 0 Å². The van der Waals surface area contributed by atoms with E-state index in [2.05, 4.69) is 26.2 Å². The van der Waals surface area contributed by atoms with Gasteiger partial charge in [0.2, 0.25) is 0 Å². The highest BCUT2D eigenvalue weighted by atomic mass is 79.9. The SMILES string of the molecule is CC(NC(=O)c1cc2c([nH]c1=O)CC(C)(C)CC2=O)c1ccc(Br)cc1. The number of nitrogens with one attached hydrogen (secondary N) is 2. The molecule has 1 atom stereocenters. The first kappa shape index (κ1) is 18.6. The van der Waals surface area contributed by atoms with Gasteiger partial charge in [-0.25, -0.2) is 0 Å². The second-order valence-electron chi connectivity index (χ2n) is 7.59. The van der Waals surface area contributed by atoms with E-state index in [1.54, 1.807) is 0 Å². The lowest BCUT2D eigenvalue weighted by atomic mass is 9.75.